The molecule has 0 atom stereocenters. The topological polar surface area (TPSA) is 60.4 Å². The summed E-state index contributed by atoms with van der Waals surface area (Å²) in [5.74, 6) is -0.431. The third kappa shape index (κ3) is 4.63. The zero-order valence-electron chi connectivity index (χ0n) is 12.5. The largest absolute Gasteiger partial charge is 0.469 e. The van der Waals surface area contributed by atoms with E-state index in [1.165, 1.54) is 7.11 Å². The smallest absolute Gasteiger partial charge is 0.305 e. The van der Waals surface area contributed by atoms with Gasteiger partial charge in [-0.2, -0.15) is 0 Å². The van der Waals surface area contributed by atoms with Crippen LogP contribution in [-0.4, -0.2) is 27.2 Å². The van der Waals surface area contributed by atoms with Gasteiger partial charge in [-0.1, -0.05) is 32.9 Å². The lowest BCUT2D eigenvalue weighted by atomic mass is 9.87. The van der Waals surface area contributed by atoms with Crippen molar-refractivity contribution in [2.24, 2.45) is 0 Å². The third-order valence-corrected chi connectivity index (χ3v) is 4.92. The summed E-state index contributed by atoms with van der Waals surface area (Å²) >= 11 is 0. The number of hydrogen-bond donors (Lipinski definition) is 0. The van der Waals surface area contributed by atoms with Crippen molar-refractivity contribution < 1.29 is 17.9 Å². The van der Waals surface area contributed by atoms with E-state index in [-0.39, 0.29) is 30.0 Å². The van der Waals surface area contributed by atoms with Crippen LogP contribution in [0.5, 0.6) is 0 Å². The number of carbonyl (C=O) groups is 1. The van der Waals surface area contributed by atoms with Crippen LogP contribution in [-0.2, 0) is 24.8 Å². The van der Waals surface area contributed by atoms with Gasteiger partial charge in [0, 0.05) is 6.42 Å². The summed E-state index contributed by atoms with van der Waals surface area (Å²) in [6.45, 7) is 6.23. The number of sulfone groups is 1. The van der Waals surface area contributed by atoms with Crippen LogP contribution in [0.2, 0.25) is 0 Å². The lowest BCUT2D eigenvalue weighted by molar-refractivity contribution is -0.140. The standard InChI is InChI=1S/C15H22O4S/c1-15(2,3)12-7-9-13(10-8-12)20(17,18)11-5-6-14(16)19-4/h7-10H,5-6,11H2,1-4H3. The van der Waals surface area contributed by atoms with Gasteiger partial charge in [-0.05, 0) is 29.5 Å². The Balaban J connectivity index is 2.76. The minimum Gasteiger partial charge on any atom is -0.469 e. The minimum atomic E-state index is -3.33. The zero-order valence-corrected chi connectivity index (χ0v) is 13.3. The molecule has 0 aliphatic carbocycles. The Labute approximate surface area is 121 Å². The number of benzene rings is 1. The Bertz CT molecular complexity index is 551. The summed E-state index contributed by atoms with van der Waals surface area (Å²) in [5.41, 5.74) is 1.08. The van der Waals surface area contributed by atoms with Gasteiger partial charge in [0.05, 0.1) is 17.8 Å². The molecule has 20 heavy (non-hydrogen) atoms. The first kappa shape index (κ1) is 16.7. The van der Waals surface area contributed by atoms with Crippen LogP contribution in [0.1, 0.15) is 39.2 Å². The van der Waals surface area contributed by atoms with E-state index in [4.69, 9.17) is 0 Å². The maximum absolute atomic E-state index is 12.1. The molecular weight excluding hydrogens is 276 g/mol. The van der Waals surface area contributed by atoms with Crippen LogP contribution >= 0.6 is 0 Å². The Morgan fingerprint density at radius 3 is 2.15 bits per heavy atom. The Morgan fingerprint density at radius 1 is 1.15 bits per heavy atom. The molecule has 0 radical (unpaired) electrons. The van der Waals surface area contributed by atoms with Crippen LogP contribution in [0.15, 0.2) is 29.2 Å². The van der Waals surface area contributed by atoms with Crippen LogP contribution in [0.4, 0.5) is 0 Å². The molecule has 0 aliphatic rings. The van der Waals surface area contributed by atoms with Gasteiger partial charge in [0.15, 0.2) is 9.84 Å². The van der Waals surface area contributed by atoms with Crippen molar-refractivity contribution in [1.29, 1.82) is 0 Å². The molecule has 5 heteroatoms. The highest BCUT2D eigenvalue weighted by atomic mass is 32.2. The van der Waals surface area contributed by atoms with E-state index < -0.39 is 9.84 Å². The van der Waals surface area contributed by atoms with Crippen LogP contribution in [0.3, 0.4) is 0 Å². The highest BCUT2D eigenvalue weighted by Crippen LogP contribution is 2.24. The second-order valence-electron chi connectivity index (χ2n) is 5.77. The van der Waals surface area contributed by atoms with E-state index in [1.54, 1.807) is 12.1 Å². The fourth-order valence-corrected chi connectivity index (χ4v) is 3.10. The van der Waals surface area contributed by atoms with Crippen molar-refractivity contribution in [2.45, 2.75) is 43.9 Å². The second-order valence-corrected chi connectivity index (χ2v) is 7.88. The van der Waals surface area contributed by atoms with E-state index in [9.17, 15) is 13.2 Å². The molecule has 0 fully saturated rings. The Kier molecular flexibility index (Phi) is 5.34. The second kappa shape index (κ2) is 6.39. The number of hydrogen-bond acceptors (Lipinski definition) is 4. The van der Waals surface area contributed by atoms with Gasteiger partial charge in [0.2, 0.25) is 0 Å². The molecule has 112 valence electrons. The molecule has 0 N–H and O–H groups in total. The van der Waals surface area contributed by atoms with Crippen molar-refractivity contribution in [2.75, 3.05) is 12.9 Å². The van der Waals surface area contributed by atoms with Gasteiger partial charge in [-0.25, -0.2) is 8.42 Å². The average Bonchev–Trinajstić information content (AvgIpc) is 2.37. The van der Waals surface area contributed by atoms with E-state index in [0.29, 0.717) is 4.90 Å². The van der Waals surface area contributed by atoms with Crippen molar-refractivity contribution in [3.05, 3.63) is 29.8 Å². The minimum absolute atomic E-state index is 0.00677. The number of ether oxygens (including phenoxy) is 1. The number of methoxy groups -OCH3 is 1. The molecule has 0 amide bonds. The molecule has 0 spiro atoms. The molecule has 0 aliphatic heterocycles. The zero-order chi connectivity index (χ0) is 15.4. The van der Waals surface area contributed by atoms with Gasteiger partial charge in [0.1, 0.15) is 0 Å². The third-order valence-electron chi connectivity index (χ3n) is 3.10. The van der Waals surface area contributed by atoms with Gasteiger partial charge >= 0.3 is 5.97 Å². The quantitative estimate of drug-likeness (QED) is 0.784. The van der Waals surface area contributed by atoms with Crippen molar-refractivity contribution in [3.8, 4) is 0 Å². The van der Waals surface area contributed by atoms with E-state index in [0.717, 1.165) is 5.56 Å². The van der Waals surface area contributed by atoms with Gasteiger partial charge in [-0.3, -0.25) is 4.79 Å². The summed E-state index contributed by atoms with van der Waals surface area (Å²) in [4.78, 5) is 11.3. The normalized spacial score (nSPS) is 12.2. The summed E-state index contributed by atoms with van der Waals surface area (Å²) < 4.78 is 28.7. The fourth-order valence-electron chi connectivity index (χ4n) is 1.79. The predicted molar refractivity (Wildman–Crippen MR) is 78.4 cm³/mol. The van der Waals surface area contributed by atoms with E-state index in [1.807, 2.05) is 12.1 Å². The molecule has 0 unspecified atom stereocenters. The first-order chi connectivity index (χ1) is 9.16. The summed E-state index contributed by atoms with van der Waals surface area (Å²) in [7, 11) is -2.04. The molecule has 0 saturated heterocycles. The highest BCUT2D eigenvalue weighted by molar-refractivity contribution is 7.91. The Hall–Kier alpha value is -1.36. The van der Waals surface area contributed by atoms with Gasteiger partial charge < -0.3 is 4.74 Å². The SMILES string of the molecule is COC(=O)CCCS(=O)(=O)c1ccc(C(C)(C)C)cc1. The van der Waals surface area contributed by atoms with Crippen LogP contribution < -0.4 is 0 Å². The molecule has 0 aromatic heterocycles. The number of carbonyl (C=O) groups excluding carboxylic acids is 1. The maximum atomic E-state index is 12.1. The molecule has 0 bridgehead atoms. The number of esters is 1. The highest BCUT2D eigenvalue weighted by Gasteiger charge is 2.18. The lowest BCUT2D eigenvalue weighted by Crippen LogP contribution is -2.12. The predicted octanol–water partition coefficient (Wildman–Crippen LogP) is 2.71. The summed E-state index contributed by atoms with van der Waals surface area (Å²) in [5, 5.41) is 0. The lowest BCUT2D eigenvalue weighted by Gasteiger charge is -2.19. The van der Waals surface area contributed by atoms with Gasteiger partial charge in [-0.15, -0.1) is 0 Å². The fraction of sp³-hybridized carbons (Fsp3) is 0.533. The molecule has 1 rings (SSSR count). The van der Waals surface area contributed by atoms with E-state index >= 15 is 0 Å². The Morgan fingerprint density at radius 2 is 1.70 bits per heavy atom. The monoisotopic (exact) mass is 298 g/mol. The van der Waals surface area contributed by atoms with Crippen molar-refractivity contribution in [1.82, 2.24) is 0 Å². The first-order valence-electron chi connectivity index (χ1n) is 6.57. The van der Waals surface area contributed by atoms with Crippen molar-refractivity contribution >= 4 is 15.8 Å². The molecule has 4 nitrogen and oxygen atoms in total. The average molecular weight is 298 g/mol. The molecular formula is C15H22O4S. The van der Waals surface area contributed by atoms with Crippen LogP contribution in [0, 0.1) is 0 Å². The number of rotatable bonds is 5. The van der Waals surface area contributed by atoms with Crippen molar-refractivity contribution in [3.63, 3.8) is 0 Å². The molecule has 1 aromatic carbocycles. The maximum Gasteiger partial charge on any atom is 0.305 e. The van der Waals surface area contributed by atoms with Gasteiger partial charge in [0.25, 0.3) is 0 Å². The molecule has 0 heterocycles. The van der Waals surface area contributed by atoms with E-state index in [2.05, 4.69) is 25.5 Å². The molecule has 0 saturated carbocycles. The summed E-state index contributed by atoms with van der Waals surface area (Å²) in [6.07, 6.45) is 0.395. The van der Waals surface area contributed by atoms with Crippen LogP contribution in [0.25, 0.3) is 0 Å². The summed E-state index contributed by atoms with van der Waals surface area (Å²) in [6, 6.07) is 6.95. The first-order valence-corrected chi connectivity index (χ1v) is 8.22. The molecule has 1 aromatic rings.